The summed E-state index contributed by atoms with van der Waals surface area (Å²) in [4.78, 5) is 14.5. The number of aliphatic hydroxyl groups is 1. The Hall–Kier alpha value is -2.88. The number of amides is 1. The fourth-order valence-electron chi connectivity index (χ4n) is 4.43. The molecule has 2 fully saturated rings. The van der Waals surface area contributed by atoms with Crippen molar-refractivity contribution in [2.45, 2.75) is 44.1 Å². The standard InChI is InChI=1S/C23H24N2O4/c1-16-7-8-18(12-24)21(9-16)23(27)10-19-14-28-15-20(11-23)25(19)22(26)29-13-17-5-3-2-4-6-17/h2-9,19-20,27H,10-11,13-15H2,1H3. The zero-order valence-corrected chi connectivity index (χ0v) is 16.4. The third kappa shape index (κ3) is 3.84. The Morgan fingerprint density at radius 1 is 1.24 bits per heavy atom. The Balaban J connectivity index is 1.54. The van der Waals surface area contributed by atoms with Gasteiger partial charge in [-0.25, -0.2) is 4.79 Å². The zero-order valence-electron chi connectivity index (χ0n) is 16.4. The molecule has 2 aromatic rings. The number of benzene rings is 2. The molecule has 1 amide bonds. The molecule has 0 spiro atoms. The van der Waals surface area contributed by atoms with Crippen LogP contribution in [0.3, 0.4) is 0 Å². The number of ether oxygens (including phenoxy) is 2. The third-order valence-corrected chi connectivity index (χ3v) is 5.77. The van der Waals surface area contributed by atoms with Crippen molar-refractivity contribution in [3.63, 3.8) is 0 Å². The minimum atomic E-state index is -1.17. The minimum absolute atomic E-state index is 0.206. The van der Waals surface area contributed by atoms with Crippen LogP contribution in [0.5, 0.6) is 0 Å². The normalized spacial score (nSPS) is 25.9. The molecule has 2 heterocycles. The van der Waals surface area contributed by atoms with Gasteiger partial charge >= 0.3 is 6.09 Å². The van der Waals surface area contributed by atoms with Gasteiger partial charge in [-0.15, -0.1) is 0 Å². The van der Waals surface area contributed by atoms with E-state index < -0.39 is 5.60 Å². The van der Waals surface area contributed by atoms with Crippen LogP contribution < -0.4 is 0 Å². The molecule has 4 rings (SSSR count). The number of rotatable bonds is 3. The molecule has 2 bridgehead atoms. The first-order valence-corrected chi connectivity index (χ1v) is 9.80. The van der Waals surface area contributed by atoms with E-state index in [-0.39, 0.29) is 24.8 Å². The highest BCUT2D eigenvalue weighted by atomic mass is 16.6. The number of carbonyl (C=O) groups excluding carboxylic acids is 1. The van der Waals surface area contributed by atoms with Crippen molar-refractivity contribution in [1.29, 1.82) is 5.26 Å². The lowest BCUT2D eigenvalue weighted by Crippen LogP contribution is -2.62. The highest BCUT2D eigenvalue weighted by Crippen LogP contribution is 2.42. The fourth-order valence-corrected chi connectivity index (χ4v) is 4.43. The van der Waals surface area contributed by atoms with Gasteiger partial charge < -0.3 is 14.6 Å². The summed E-state index contributed by atoms with van der Waals surface area (Å²) >= 11 is 0. The van der Waals surface area contributed by atoms with Gasteiger partial charge in [0.2, 0.25) is 0 Å². The predicted octanol–water partition coefficient (Wildman–Crippen LogP) is 3.25. The summed E-state index contributed by atoms with van der Waals surface area (Å²) < 4.78 is 11.2. The van der Waals surface area contributed by atoms with Gasteiger partial charge in [-0.3, -0.25) is 4.90 Å². The van der Waals surface area contributed by atoms with Gasteiger partial charge in [0.1, 0.15) is 6.61 Å². The number of morpholine rings is 1. The van der Waals surface area contributed by atoms with Crippen LogP contribution in [0.1, 0.15) is 35.1 Å². The van der Waals surface area contributed by atoms with Crippen molar-refractivity contribution < 1.29 is 19.4 Å². The molecule has 2 aliphatic rings. The molecule has 0 saturated carbocycles. The molecule has 2 atom stereocenters. The minimum Gasteiger partial charge on any atom is -0.445 e. The highest BCUT2D eigenvalue weighted by molar-refractivity contribution is 5.69. The van der Waals surface area contributed by atoms with E-state index in [1.54, 1.807) is 11.0 Å². The SMILES string of the molecule is Cc1ccc(C#N)c(C2(O)CC3COCC(C2)N3C(=O)OCc2ccccc2)c1. The molecule has 0 radical (unpaired) electrons. The van der Waals surface area contributed by atoms with E-state index in [2.05, 4.69) is 6.07 Å². The second-order valence-electron chi connectivity index (χ2n) is 7.89. The molecule has 29 heavy (non-hydrogen) atoms. The summed E-state index contributed by atoms with van der Waals surface area (Å²) in [7, 11) is 0. The molecular formula is C23H24N2O4. The van der Waals surface area contributed by atoms with E-state index in [0.29, 0.717) is 37.2 Å². The van der Waals surface area contributed by atoms with Gasteiger partial charge in [0.25, 0.3) is 0 Å². The highest BCUT2D eigenvalue weighted by Gasteiger charge is 2.50. The first-order valence-electron chi connectivity index (χ1n) is 9.80. The number of fused-ring (bicyclic) bond motifs is 2. The average Bonchev–Trinajstić information content (AvgIpc) is 2.72. The summed E-state index contributed by atoms with van der Waals surface area (Å²) in [5, 5.41) is 21.0. The van der Waals surface area contributed by atoms with Crippen LogP contribution in [-0.4, -0.2) is 41.4 Å². The second kappa shape index (κ2) is 7.86. The number of carbonyl (C=O) groups is 1. The lowest BCUT2D eigenvalue weighted by molar-refractivity contribution is -0.137. The molecule has 2 aromatic carbocycles. The van der Waals surface area contributed by atoms with E-state index >= 15 is 0 Å². The maximum atomic E-state index is 12.8. The molecule has 6 nitrogen and oxygen atoms in total. The third-order valence-electron chi connectivity index (χ3n) is 5.77. The van der Waals surface area contributed by atoms with E-state index in [0.717, 1.165) is 11.1 Å². The van der Waals surface area contributed by atoms with Crippen LogP contribution in [-0.2, 0) is 21.7 Å². The smallest absolute Gasteiger partial charge is 0.410 e. The molecule has 0 aromatic heterocycles. The topological polar surface area (TPSA) is 82.8 Å². The van der Waals surface area contributed by atoms with Gasteiger partial charge in [-0.1, -0.05) is 48.0 Å². The quantitative estimate of drug-likeness (QED) is 0.867. The number of nitrogens with zero attached hydrogens (tertiary/aromatic N) is 2. The lowest BCUT2D eigenvalue weighted by Gasteiger charge is -2.51. The molecule has 150 valence electrons. The maximum absolute atomic E-state index is 12.8. The number of piperidine rings is 1. The Kier molecular flexibility index (Phi) is 5.27. The molecule has 0 aliphatic carbocycles. The van der Waals surface area contributed by atoms with Crippen molar-refractivity contribution in [1.82, 2.24) is 4.90 Å². The monoisotopic (exact) mass is 392 g/mol. The van der Waals surface area contributed by atoms with Crippen LogP contribution in [0.25, 0.3) is 0 Å². The molecule has 2 aliphatic heterocycles. The lowest BCUT2D eigenvalue weighted by atomic mass is 9.75. The Bertz CT molecular complexity index is 924. The van der Waals surface area contributed by atoms with Crippen LogP contribution in [0.15, 0.2) is 48.5 Å². The van der Waals surface area contributed by atoms with Crippen LogP contribution >= 0.6 is 0 Å². The number of aryl methyl sites for hydroxylation is 1. The first-order chi connectivity index (χ1) is 14.0. The van der Waals surface area contributed by atoms with Crippen molar-refractivity contribution in [3.8, 4) is 6.07 Å². The van der Waals surface area contributed by atoms with Crippen LogP contribution in [0, 0.1) is 18.3 Å². The Morgan fingerprint density at radius 3 is 2.59 bits per heavy atom. The summed E-state index contributed by atoms with van der Waals surface area (Å²) in [5.41, 5.74) is 1.84. The second-order valence-corrected chi connectivity index (χ2v) is 7.89. The van der Waals surface area contributed by atoms with E-state index in [9.17, 15) is 15.2 Å². The van der Waals surface area contributed by atoms with Gasteiger partial charge in [0.15, 0.2) is 0 Å². The van der Waals surface area contributed by atoms with E-state index in [1.807, 2.05) is 49.4 Å². The number of nitriles is 1. The zero-order chi connectivity index (χ0) is 20.4. The maximum Gasteiger partial charge on any atom is 0.410 e. The van der Waals surface area contributed by atoms with E-state index in [1.165, 1.54) is 0 Å². The average molecular weight is 392 g/mol. The van der Waals surface area contributed by atoms with Crippen molar-refractivity contribution in [3.05, 3.63) is 70.8 Å². The van der Waals surface area contributed by atoms with Crippen molar-refractivity contribution >= 4 is 6.09 Å². The van der Waals surface area contributed by atoms with Crippen LogP contribution in [0.2, 0.25) is 0 Å². The van der Waals surface area contributed by atoms with Gasteiger partial charge in [-0.05, 0) is 18.6 Å². The van der Waals surface area contributed by atoms with Gasteiger partial charge in [-0.2, -0.15) is 5.26 Å². The summed E-state index contributed by atoms with van der Waals surface area (Å²) in [6.45, 7) is 2.82. The Morgan fingerprint density at radius 2 is 1.93 bits per heavy atom. The molecule has 2 unspecified atom stereocenters. The fraction of sp³-hybridized carbons (Fsp3) is 0.391. The van der Waals surface area contributed by atoms with Gasteiger partial charge in [0, 0.05) is 18.4 Å². The molecule has 1 N–H and O–H groups in total. The molecule has 2 saturated heterocycles. The van der Waals surface area contributed by atoms with Crippen molar-refractivity contribution in [2.24, 2.45) is 0 Å². The van der Waals surface area contributed by atoms with Crippen LogP contribution in [0.4, 0.5) is 4.79 Å². The summed E-state index contributed by atoms with van der Waals surface area (Å²) in [6, 6.07) is 16.6. The molecular weight excluding hydrogens is 368 g/mol. The Labute approximate surface area is 170 Å². The van der Waals surface area contributed by atoms with E-state index in [4.69, 9.17) is 9.47 Å². The largest absolute Gasteiger partial charge is 0.445 e. The van der Waals surface area contributed by atoms with Gasteiger partial charge in [0.05, 0.1) is 42.5 Å². The first kappa shape index (κ1) is 19.4. The molecule has 6 heteroatoms. The van der Waals surface area contributed by atoms with Crippen molar-refractivity contribution in [2.75, 3.05) is 13.2 Å². The summed E-state index contributed by atoms with van der Waals surface area (Å²) in [6.07, 6.45) is 0.225. The predicted molar refractivity (Wildman–Crippen MR) is 106 cm³/mol. The number of hydrogen-bond acceptors (Lipinski definition) is 5. The summed E-state index contributed by atoms with van der Waals surface area (Å²) in [5.74, 6) is 0. The number of hydrogen-bond donors (Lipinski definition) is 1.